The molecule has 0 aliphatic heterocycles. The van der Waals surface area contributed by atoms with Crippen LogP contribution in [0.2, 0.25) is 0 Å². The summed E-state index contributed by atoms with van der Waals surface area (Å²) >= 11 is 2.90. The Hall–Kier alpha value is -1.08. The minimum absolute atomic E-state index is 0.255. The van der Waals surface area contributed by atoms with Gasteiger partial charge in [0.05, 0.1) is 7.11 Å². The van der Waals surface area contributed by atoms with Crippen molar-refractivity contribution in [1.82, 2.24) is 10.3 Å². The van der Waals surface area contributed by atoms with Crippen LogP contribution in [0.25, 0.3) is 0 Å². The third kappa shape index (κ3) is 4.19. The van der Waals surface area contributed by atoms with Crippen molar-refractivity contribution in [3.63, 3.8) is 0 Å². The summed E-state index contributed by atoms with van der Waals surface area (Å²) in [7, 11) is 1.30. The molecule has 0 aromatic carbocycles. The molecule has 1 heterocycles. The molecule has 7 heteroatoms. The van der Waals surface area contributed by atoms with Crippen LogP contribution in [0.15, 0.2) is 15.9 Å². The number of carbonyl (C=O) groups is 2. The number of nitrogens with one attached hydrogen (secondary N) is 1. The minimum atomic E-state index is -0.628. The molecule has 1 aromatic rings. The second-order valence-electron chi connectivity index (χ2n) is 2.89. The van der Waals surface area contributed by atoms with Gasteiger partial charge in [-0.1, -0.05) is 11.8 Å². The van der Waals surface area contributed by atoms with Crippen molar-refractivity contribution < 1.29 is 14.3 Å². The molecule has 0 bridgehead atoms. The molecule has 1 N–H and O–H groups in total. The monoisotopic (exact) mass is 260 g/mol. The summed E-state index contributed by atoms with van der Waals surface area (Å²) < 4.78 is 5.46. The van der Waals surface area contributed by atoms with Gasteiger partial charge in [-0.15, -0.1) is 11.3 Å². The van der Waals surface area contributed by atoms with Crippen LogP contribution in [-0.4, -0.2) is 35.8 Å². The van der Waals surface area contributed by atoms with Crippen molar-refractivity contribution in [2.24, 2.45) is 0 Å². The summed E-state index contributed by atoms with van der Waals surface area (Å²) in [5.74, 6) is -0.283. The van der Waals surface area contributed by atoms with Gasteiger partial charge in [0, 0.05) is 24.3 Å². The van der Waals surface area contributed by atoms with Crippen LogP contribution in [0.5, 0.6) is 0 Å². The molecule has 0 spiro atoms. The highest BCUT2D eigenvalue weighted by Gasteiger charge is 2.20. The normalized spacial score (nSPS) is 11.9. The highest BCUT2D eigenvalue weighted by molar-refractivity contribution is 8.01. The molecule has 0 saturated carbocycles. The number of nitrogens with zero attached hydrogens (tertiary/aromatic N) is 1. The number of methoxy groups -OCH3 is 1. The fraction of sp³-hybridized carbons (Fsp3) is 0.444. The van der Waals surface area contributed by atoms with Gasteiger partial charge in [0.15, 0.2) is 0 Å². The van der Waals surface area contributed by atoms with E-state index in [9.17, 15) is 9.59 Å². The molecule has 16 heavy (non-hydrogen) atoms. The van der Waals surface area contributed by atoms with Crippen LogP contribution >= 0.6 is 23.1 Å². The van der Waals surface area contributed by atoms with Crippen molar-refractivity contribution in [2.45, 2.75) is 17.3 Å². The van der Waals surface area contributed by atoms with Gasteiger partial charge in [-0.3, -0.25) is 4.79 Å². The van der Waals surface area contributed by atoms with Crippen molar-refractivity contribution in [1.29, 1.82) is 0 Å². The molecule has 1 aromatic heterocycles. The van der Waals surface area contributed by atoms with Gasteiger partial charge in [-0.05, 0) is 0 Å². The fourth-order valence-electron chi connectivity index (χ4n) is 0.993. The van der Waals surface area contributed by atoms with E-state index >= 15 is 0 Å². The van der Waals surface area contributed by atoms with Crippen LogP contribution in [0.1, 0.15) is 6.92 Å². The van der Waals surface area contributed by atoms with Gasteiger partial charge >= 0.3 is 5.97 Å². The molecule has 0 saturated heterocycles. The lowest BCUT2D eigenvalue weighted by Crippen LogP contribution is -2.42. The molecule has 88 valence electrons. The SMILES string of the molecule is COC(=O)C(CSc1nccs1)NC(C)=O. The van der Waals surface area contributed by atoms with E-state index in [0.29, 0.717) is 5.75 Å². The second kappa shape index (κ2) is 6.49. The van der Waals surface area contributed by atoms with E-state index in [0.717, 1.165) is 4.34 Å². The molecule has 0 aliphatic carbocycles. The average Bonchev–Trinajstić information content (AvgIpc) is 2.75. The summed E-state index contributed by atoms with van der Waals surface area (Å²) in [5.41, 5.74) is 0. The first-order valence-electron chi connectivity index (χ1n) is 4.50. The Bertz CT molecular complexity index is 354. The second-order valence-corrected chi connectivity index (χ2v) is 5.05. The number of aromatic nitrogens is 1. The Balaban J connectivity index is 2.50. The number of thioether (sulfide) groups is 1. The van der Waals surface area contributed by atoms with Crippen LogP contribution in [0.4, 0.5) is 0 Å². The Morgan fingerprint density at radius 2 is 2.44 bits per heavy atom. The first kappa shape index (κ1) is 13.0. The third-order valence-electron chi connectivity index (χ3n) is 1.65. The quantitative estimate of drug-likeness (QED) is 0.629. The predicted molar refractivity (Wildman–Crippen MR) is 62.5 cm³/mol. The molecule has 0 radical (unpaired) electrons. The van der Waals surface area contributed by atoms with Crippen molar-refractivity contribution in [3.8, 4) is 0 Å². The summed E-state index contributed by atoms with van der Waals surface area (Å²) in [6, 6.07) is -0.628. The number of thiazole rings is 1. The smallest absolute Gasteiger partial charge is 0.329 e. The molecule has 0 aliphatic rings. The van der Waals surface area contributed by atoms with Gasteiger partial charge in [0.2, 0.25) is 5.91 Å². The Kier molecular flexibility index (Phi) is 5.27. The number of hydrogen-bond acceptors (Lipinski definition) is 6. The summed E-state index contributed by atoms with van der Waals surface area (Å²) in [4.78, 5) is 26.3. The van der Waals surface area contributed by atoms with Crippen molar-refractivity contribution in [3.05, 3.63) is 11.6 Å². The average molecular weight is 260 g/mol. The highest BCUT2D eigenvalue weighted by Crippen LogP contribution is 2.21. The van der Waals surface area contributed by atoms with Crippen LogP contribution in [-0.2, 0) is 14.3 Å². The van der Waals surface area contributed by atoms with E-state index in [1.54, 1.807) is 6.20 Å². The molecule has 1 amide bonds. The first-order valence-corrected chi connectivity index (χ1v) is 6.37. The van der Waals surface area contributed by atoms with Crippen LogP contribution < -0.4 is 5.32 Å². The van der Waals surface area contributed by atoms with Gasteiger partial charge in [0.1, 0.15) is 10.4 Å². The Morgan fingerprint density at radius 3 is 2.94 bits per heavy atom. The predicted octanol–water partition coefficient (Wildman–Crippen LogP) is 0.913. The van der Waals surface area contributed by atoms with Crippen LogP contribution in [0.3, 0.4) is 0 Å². The lowest BCUT2D eigenvalue weighted by molar-refractivity contribution is -0.144. The van der Waals surface area contributed by atoms with Crippen molar-refractivity contribution in [2.75, 3.05) is 12.9 Å². The number of ether oxygens (including phenoxy) is 1. The Labute approximate surface area is 102 Å². The number of carbonyl (C=O) groups excluding carboxylic acids is 2. The number of rotatable bonds is 5. The van der Waals surface area contributed by atoms with E-state index in [-0.39, 0.29) is 5.91 Å². The maximum atomic E-state index is 11.3. The van der Waals surface area contributed by atoms with E-state index in [1.807, 2.05) is 5.38 Å². The number of amides is 1. The Morgan fingerprint density at radius 1 is 1.69 bits per heavy atom. The summed E-state index contributed by atoms with van der Waals surface area (Å²) in [5, 5.41) is 4.39. The van der Waals surface area contributed by atoms with Crippen molar-refractivity contribution >= 4 is 35.0 Å². The standard InChI is InChI=1S/C9H12N2O3S2/c1-6(12)11-7(8(13)14-2)5-16-9-10-3-4-15-9/h3-4,7H,5H2,1-2H3,(H,11,12). The molecule has 1 atom stereocenters. The number of esters is 1. The van der Waals surface area contributed by atoms with E-state index in [2.05, 4.69) is 15.0 Å². The van der Waals surface area contributed by atoms with E-state index < -0.39 is 12.0 Å². The molecule has 5 nitrogen and oxygen atoms in total. The molecule has 1 rings (SSSR count). The molecule has 0 fully saturated rings. The first-order chi connectivity index (χ1) is 7.63. The zero-order valence-electron chi connectivity index (χ0n) is 8.93. The van der Waals surface area contributed by atoms with Gasteiger partial charge in [-0.2, -0.15) is 0 Å². The third-order valence-corrected chi connectivity index (χ3v) is 3.71. The molecular formula is C9H12N2O3S2. The molecular weight excluding hydrogens is 248 g/mol. The zero-order valence-corrected chi connectivity index (χ0v) is 10.6. The van der Waals surface area contributed by atoms with E-state index in [1.165, 1.54) is 37.1 Å². The maximum Gasteiger partial charge on any atom is 0.329 e. The fourth-order valence-corrected chi connectivity index (χ4v) is 2.66. The topological polar surface area (TPSA) is 68.3 Å². The summed E-state index contributed by atoms with van der Waals surface area (Å²) in [6.45, 7) is 1.37. The van der Waals surface area contributed by atoms with E-state index in [4.69, 9.17) is 0 Å². The zero-order chi connectivity index (χ0) is 12.0. The lowest BCUT2D eigenvalue weighted by atomic mass is 10.3. The van der Waals surface area contributed by atoms with Gasteiger partial charge in [-0.25, -0.2) is 9.78 Å². The van der Waals surface area contributed by atoms with Gasteiger partial charge < -0.3 is 10.1 Å². The highest BCUT2D eigenvalue weighted by atomic mass is 32.2. The number of hydrogen-bond donors (Lipinski definition) is 1. The minimum Gasteiger partial charge on any atom is -0.467 e. The maximum absolute atomic E-state index is 11.3. The lowest BCUT2D eigenvalue weighted by Gasteiger charge is -2.13. The van der Waals surface area contributed by atoms with Gasteiger partial charge in [0.25, 0.3) is 0 Å². The van der Waals surface area contributed by atoms with Crippen LogP contribution in [0, 0.1) is 0 Å². The largest absolute Gasteiger partial charge is 0.467 e. The molecule has 1 unspecified atom stereocenters. The summed E-state index contributed by atoms with van der Waals surface area (Å²) in [6.07, 6.45) is 1.69.